The number of aromatic nitrogens is 4. The van der Waals surface area contributed by atoms with Gasteiger partial charge in [0, 0.05) is 11.1 Å². The molecule has 5 aromatic rings. The molecule has 0 fully saturated rings. The van der Waals surface area contributed by atoms with E-state index < -0.39 is 11.2 Å². The van der Waals surface area contributed by atoms with E-state index in [0.717, 1.165) is 15.7 Å². The van der Waals surface area contributed by atoms with Crippen LogP contribution in [0.2, 0.25) is 0 Å². The summed E-state index contributed by atoms with van der Waals surface area (Å²) in [6.45, 7) is 1.99. The highest BCUT2D eigenvalue weighted by molar-refractivity contribution is 5.82. The molecule has 0 radical (unpaired) electrons. The number of H-pyrrole nitrogens is 1. The molecule has 0 amide bonds. The Morgan fingerprint density at radius 1 is 0.969 bits per heavy atom. The molecule has 1 N–H and O–H groups in total. The fourth-order valence-corrected chi connectivity index (χ4v) is 3.56. The monoisotopic (exact) mass is 426 g/mol. The highest BCUT2D eigenvalue weighted by Crippen LogP contribution is 2.24. The average Bonchev–Trinajstić information content (AvgIpc) is 3.30. The van der Waals surface area contributed by atoms with Crippen molar-refractivity contribution in [1.82, 2.24) is 19.7 Å². The van der Waals surface area contributed by atoms with Gasteiger partial charge >= 0.3 is 5.69 Å². The minimum atomic E-state index is -0.546. The number of nitrogens with zero attached hydrogens (tertiary/aromatic N) is 3. The number of hydrogen-bond acceptors (Lipinski definition) is 6. The van der Waals surface area contributed by atoms with Crippen LogP contribution < -0.4 is 16.0 Å². The van der Waals surface area contributed by atoms with Crippen LogP contribution in [0.1, 0.15) is 5.56 Å². The highest BCUT2D eigenvalue weighted by atomic mass is 16.5. The maximum Gasteiger partial charge on any atom is 0.333 e. The number of aryl methyl sites for hydroxylation is 1. The van der Waals surface area contributed by atoms with E-state index in [9.17, 15) is 9.59 Å². The van der Waals surface area contributed by atoms with Crippen LogP contribution in [0.25, 0.3) is 39.4 Å². The van der Waals surface area contributed by atoms with E-state index in [4.69, 9.17) is 9.26 Å². The molecule has 32 heavy (non-hydrogen) atoms. The fraction of sp³-hybridized carbons (Fsp3) is 0.0833. The topological polar surface area (TPSA) is 103 Å². The van der Waals surface area contributed by atoms with Gasteiger partial charge in [-0.15, -0.1) is 0 Å². The number of fused-ring (bicyclic) bond motifs is 1. The van der Waals surface area contributed by atoms with E-state index in [-0.39, 0.29) is 0 Å². The predicted molar refractivity (Wildman–Crippen MR) is 120 cm³/mol. The molecular weight excluding hydrogens is 408 g/mol. The minimum Gasteiger partial charge on any atom is -0.497 e. The SMILES string of the molecule is COc1ccc(-n2c(=O)[nH]c3cc(-c4nc(-c5cccc(C)c5)no4)ccc3c2=O)cc1. The van der Waals surface area contributed by atoms with Crippen molar-refractivity contribution in [3.63, 3.8) is 0 Å². The first-order chi connectivity index (χ1) is 15.5. The van der Waals surface area contributed by atoms with Crippen molar-refractivity contribution in [1.29, 1.82) is 0 Å². The van der Waals surface area contributed by atoms with Crippen molar-refractivity contribution in [2.45, 2.75) is 6.92 Å². The standard InChI is InChI=1S/C24H18N4O4/c1-14-4-3-5-15(12-14)21-26-22(32-27-21)16-6-11-19-20(13-16)25-24(30)28(23(19)29)17-7-9-18(31-2)10-8-17/h3-13H,1-2H3,(H,25,30). The smallest absolute Gasteiger partial charge is 0.333 e. The molecule has 2 heterocycles. The number of rotatable bonds is 4. The maximum absolute atomic E-state index is 13.0. The van der Waals surface area contributed by atoms with Crippen molar-refractivity contribution in [2.75, 3.05) is 7.11 Å². The molecule has 0 atom stereocenters. The predicted octanol–water partition coefficient (Wildman–Crippen LogP) is 3.71. The zero-order valence-electron chi connectivity index (χ0n) is 17.3. The van der Waals surface area contributed by atoms with E-state index in [1.54, 1.807) is 49.6 Å². The van der Waals surface area contributed by atoms with Crippen LogP contribution in [-0.4, -0.2) is 26.8 Å². The van der Waals surface area contributed by atoms with Gasteiger partial charge < -0.3 is 14.2 Å². The Hall–Kier alpha value is -4.46. The second-order valence-corrected chi connectivity index (χ2v) is 7.32. The lowest BCUT2D eigenvalue weighted by atomic mass is 10.1. The first kappa shape index (κ1) is 19.5. The normalized spacial score (nSPS) is 11.1. The van der Waals surface area contributed by atoms with Gasteiger partial charge in [-0.1, -0.05) is 28.9 Å². The van der Waals surface area contributed by atoms with E-state index in [1.807, 2.05) is 31.2 Å². The molecule has 0 bridgehead atoms. The summed E-state index contributed by atoms with van der Waals surface area (Å²) < 4.78 is 11.6. The van der Waals surface area contributed by atoms with Crippen LogP contribution in [-0.2, 0) is 0 Å². The number of benzene rings is 3. The van der Waals surface area contributed by atoms with Crippen molar-refractivity contribution < 1.29 is 9.26 Å². The van der Waals surface area contributed by atoms with Crippen molar-refractivity contribution in [3.8, 4) is 34.3 Å². The Morgan fingerprint density at radius 3 is 2.53 bits per heavy atom. The molecule has 8 nitrogen and oxygen atoms in total. The van der Waals surface area contributed by atoms with Crippen LogP contribution in [0.5, 0.6) is 5.75 Å². The van der Waals surface area contributed by atoms with Gasteiger partial charge in [0.2, 0.25) is 5.82 Å². The molecule has 0 aliphatic carbocycles. The lowest BCUT2D eigenvalue weighted by Gasteiger charge is -2.08. The molecule has 2 aromatic heterocycles. The molecule has 0 aliphatic heterocycles. The summed E-state index contributed by atoms with van der Waals surface area (Å²) in [4.78, 5) is 33.0. The summed E-state index contributed by atoms with van der Waals surface area (Å²) in [5.74, 6) is 1.39. The van der Waals surface area contributed by atoms with E-state index >= 15 is 0 Å². The highest BCUT2D eigenvalue weighted by Gasteiger charge is 2.14. The number of ether oxygens (including phenoxy) is 1. The summed E-state index contributed by atoms with van der Waals surface area (Å²) >= 11 is 0. The van der Waals surface area contributed by atoms with Gasteiger partial charge in [0.15, 0.2) is 0 Å². The number of hydrogen-bond donors (Lipinski definition) is 1. The Bertz CT molecular complexity index is 1560. The molecular formula is C24H18N4O4. The second kappa shape index (κ2) is 7.66. The lowest BCUT2D eigenvalue weighted by molar-refractivity contribution is 0.414. The summed E-state index contributed by atoms with van der Waals surface area (Å²) in [5, 5.41) is 4.42. The zero-order chi connectivity index (χ0) is 22.2. The molecule has 3 aromatic carbocycles. The number of nitrogens with one attached hydrogen (secondary N) is 1. The van der Waals surface area contributed by atoms with Gasteiger partial charge in [0.1, 0.15) is 5.75 Å². The molecule has 0 spiro atoms. The third-order valence-corrected chi connectivity index (χ3v) is 5.18. The maximum atomic E-state index is 13.0. The summed E-state index contributed by atoms with van der Waals surface area (Å²) in [7, 11) is 1.55. The summed E-state index contributed by atoms with van der Waals surface area (Å²) in [6.07, 6.45) is 0. The largest absolute Gasteiger partial charge is 0.497 e. The van der Waals surface area contributed by atoms with E-state index in [1.165, 1.54) is 0 Å². The van der Waals surface area contributed by atoms with E-state index in [2.05, 4.69) is 15.1 Å². The Morgan fingerprint density at radius 2 is 1.78 bits per heavy atom. The van der Waals surface area contributed by atoms with Crippen LogP contribution in [0.15, 0.2) is 80.8 Å². The Labute approximate surface area is 181 Å². The number of methoxy groups -OCH3 is 1. The molecule has 0 saturated heterocycles. The lowest BCUT2D eigenvalue weighted by Crippen LogP contribution is -2.33. The van der Waals surface area contributed by atoms with Crippen LogP contribution in [0, 0.1) is 6.92 Å². The van der Waals surface area contributed by atoms with Crippen LogP contribution >= 0.6 is 0 Å². The quantitative estimate of drug-likeness (QED) is 0.470. The zero-order valence-corrected chi connectivity index (χ0v) is 17.3. The molecule has 0 saturated carbocycles. The second-order valence-electron chi connectivity index (χ2n) is 7.32. The number of aromatic amines is 1. The van der Waals surface area contributed by atoms with Gasteiger partial charge in [-0.25, -0.2) is 9.36 Å². The van der Waals surface area contributed by atoms with E-state index in [0.29, 0.717) is 39.6 Å². The third-order valence-electron chi connectivity index (χ3n) is 5.18. The third kappa shape index (κ3) is 3.37. The first-order valence-corrected chi connectivity index (χ1v) is 9.88. The van der Waals surface area contributed by atoms with Crippen molar-refractivity contribution in [3.05, 3.63) is 93.1 Å². The molecule has 5 rings (SSSR count). The Balaban J connectivity index is 1.57. The minimum absolute atomic E-state index is 0.295. The fourth-order valence-electron chi connectivity index (χ4n) is 3.56. The summed E-state index contributed by atoms with van der Waals surface area (Å²) in [5.41, 5.74) is 2.39. The first-order valence-electron chi connectivity index (χ1n) is 9.88. The van der Waals surface area contributed by atoms with Crippen molar-refractivity contribution >= 4 is 10.9 Å². The molecule has 0 unspecified atom stereocenters. The van der Waals surface area contributed by atoms with Gasteiger partial charge in [-0.3, -0.25) is 4.79 Å². The van der Waals surface area contributed by atoms with Gasteiger partial charge in [0.05, 0.1) is 23.7 Å². The van der Waals surface area contributed by atoms with Crippen LogP contribution in [0.4, 0.5) is 0 Å². The average molecular weight is 426 g/mol. The molecule has 158 valence electrons. The van der Waals surface area contributed by atoms with Crippen LogP contribution in [0.3, 0.4) is 0 Å². The van der Waals surface area contributed by atoms with Gasteiger partial charge in [0.25, 0.3) is 11.4 Å². The van der Waals surface area contributed by atoms with Gasteiger partial charge in [-0.05, 0) is 55.5 Å². The summed E-state index contributed by atoms with van der Waals surface area (Å²) in [6, 6.07) is 19.5. The van der Waals surface area contributed by atoms with Gasteiger partial charge in [-0.2, -0.15) is 4.98 Å². The van der Waals surface area contributed by atoms with Crippen molar-refractivity contribution in [2.24, 2.45) is 0 Å². The molecule has 0 aliphatic rings. The molecule has 8 heteroatoms. The Kier molecular flexibility index (Phi) is 4.67.